The van der Waals surface area contributed by atoms with E-state index >= 15 is 0 Å². The van der Waals surface area contributed by atoms with Gasteiger partial charge < -0.3 is 10.8 Å². The molecule has 1 rings (SSSR count). The molecule has 0 amide bonds. The number of hydrogen-bond donors (Lipinski definition) is 2. The van der Waals surface area contributed by atoms with Crippen LogP contribution in [0, 0.1) is 0 Å². The van der Waals surface area contributed by atoms with E-state index in [0.29, 0.717) is 5.57 Å². The fourth-order valence-electron chi connectivity index (χ4n) is 1.17. The van der Waals surface area contributed by atoms with E-state index in [2.05, 4.69) is 4.98 Å². The zero-order valence-corrected chi connectivity index (χ0v) is 9.14. The first-order valence-corrected chi connectivity index (χ1v) is 4.76. The lowest BCUT2D eigenvalue weighted by atomic mass is 10.2. The Bertz CT molecular complexity index is 463. The first-order chi connectivity index (χ1) is 7.41. The average molecular weight is 227 g/mol. The summed E-state index contributed by atoms with van der Waals surface area (Å²) in [5.74, 6) is -0.280. The number of anilines is 1. The molecule has 0 saturated carbocycles. The van der Waals surface area contributed by atoms with E-state index in [1.807, 2.05) is 0 Å². The van der Waals surface area contributed by atoms with Gasteiger partial charge in [-0.25, -0.2) is 9.18 Å². The van der Waals surface area contributed by atoms with Gasteiger partial charge in [0.1, 0.15) is 12.0 Å². The van der Waals surface area contributed by atoms with Crippen LogP contribution < -0.4 is 11.4 Å². The van der Waals surface area contributed by atoms with E-state index in [9.17, 15) is 14.3 Å². The van der Waals surface area contributed by atoms with Gasteiger partial charge >= 0.3 is 5.69 Å². The van der Waals surface area contributed by atoms with Crippen LogP contribution in [-0.2, 0) is 0 Å². The molecule has 0 aliphatic heterocycles. The Labute approximate surface area is 92.0 Å². The lowest BCUT2D eigenvalue weighted by Gasteiger charge is -2.13. The monoisotopic (exact) mass is 227 g/mol. The number of rotatable bonds is 3. The minimum absolute atomic E-state index is 0.0356. The zero-order chi connectivity index (χ0) is 12.3. The highest BCUT2D eigenvalue weighted by molar-refractivity contribution is 5.23. The molecular formula is C10H14FN3O2. The van der Waals surface area contributed by atoms with Gasteiger partial charge in [-0.05, 0) is 25.5 Å². The summed E-state index contributed by atoms with van der Waals surface area (Å²) >= 11 is 0. The SMILES string of the molecule is C/C(F)=C(/C)C[C@@H](O)n1ccc(N)nc1=O. The van der Waals surface area contributed by atoms with Crippen LogP contribution in [0.2, 0.25) is 0 Å². The maximum Gasteiger partial charge on any atom is 0.351 e. The quantitative estimate of drug-likeness (QED) is 0.806. The van der Waals surface area contributed by atoms with Crippen LogP contribution in [0.15, 0.2) is 28.5 Å². The largest absolute Gasteiger partial charge is 0.383 e. The first kappa shape index (κ1) is 12.4. The Balaban J connectivity index is 2.94. The summed E-state index contributed by atoms with van der Waals surface area (Å²) in [5, 5.41) is 9.69. The van der Waals surface area contributed by atoms with Crippen LogP contribution in [0.1, 0.15) is 26.5 Å². The van der Waals surface area contributed by atoms with Gasteiger partial charge in [-0.2, -0.15) is 4.98 Å². The number of halogens is 1. The highest BCUT2D eigenvalue weighted by Gasteiger charge is 2.11. The summed E-state index contributed by atoms with van der Waals surface area (Å²) < 4.78 is 13.8. The maximum absolute atomic E-state index is 12.8. The molecule has 5 nitrogen and oxygen atoms in total. The molecule has 0 aliphatic carbocycles. The van der Waals surface area contributed by atoms with Crippen molar-refractivity contribution in [2.75, 3.05) is 5.73 Å². The summed E-state index contributed by atoms with van der Waals surface area (Å²) in [6.07, 6.45) is 0.232. The zero-order valence-electron chi connectivity index (χ0n) is 9.14. The number of nitrogens with zero attached hydrogens (tertiary/aromatic N) is 2. The van der Waals surface area contributed by atoms with Crippen LogP contribution in [0.25, 0.3) is 0 Å². The molecule has 0 bridgehead atoms. The summed E-state index contributed by atoms with van der Waals surface area (Å²) in [6.45, 7) is 2.85. The van der Waals surface area contributed by atoms with Crippen molar-refractivity contribution in [1.82, 2.24) is 9.55 Å². The summed E-state index contributed by atoms with van der Waals surface area (Å²) in [5.41, 5.74) is 5.03. The number of allylic oxidation sites excluding steroid dienone is 1. The molecule has 0 aromatic carbocycles. The van der Waals surface area contributed by atoms with E-state index in [-0.39, 0.29) is 18.1 Å². The summed E-state index contributed by atoms with van der Waals surface area (Å²) in [7, 11) is 0. The van der Waals surface area contributed by atoms with Gasteiger partial charge in [-0.15, -0.1) is 0 Å². The standard InChI is InChI=1S/C10H14FN3O2/c1-6(7(2)11)5-9(15)14-4-3-8(12)13-10(14)16/h3-4,9,15H,5H2,1-2H3,(H2,12,13,16)/b7-6+/t9-/m1/s1. The Morgan fingerprint density at radius 2 is 2.31 bits per heavy atom. The van der Waals surface area contributed by atoms with Crippen molar-refractivity contribution >= 4 is 5.82 Å². The van der Waals surface area contributed by atoms with Gasteiger partial charge in [0, 0.05) is 12.6 Å². The third-order valence-corrected chi connectivity index (χ3v) is 2.25. The van der Waals surface area contributed by atoms with Crippen molar-refractivity contribution in [2.45, 2.75) is 26.5 Å². The summed E-state index contributed by atoms with van der Waals surface area (Å²) in [4.78, 5) is 14.8. The predicted molar refractivity (Wildman–Crippen MR) is 58.3 cm³/mol. The number of nitrogens with two attached hydrogens (primary N) is 1. The van der Waals surface area contributed by atoms with E-state index < -0.39 is 11.9 Å². The second-order valence-corrected chi connectivity index (χ2v) is 3.54. The summed E-state index contributed by atoms with van der Waals surface area (Å²) in [6, 6.07) is 1.39. The molecule has 0 spiro atoms. The second-order valence-electron chi connectivity index (χ2n) is 3.54. The third-order valence-electron chi connectivity index (χ3n) is 2.25. The molecule has 3 N–H and O–H groups in total. The molecule has 16 heavy (non-hydrogen) atoms. The van der Waals surface area contributed by atoms with E-state index in [4.69, 9.17) is 5.73 Å². The Kier molecular flexibility index (Phi) is 3.78. The van der Waals surface area contributed by atoms with Crippen LogP contribution >= 0.6 is 0 Å². The Hall–Kier alpha value is -1.69. The molecule has 1 atom stereocenters. The number of aromatic nitrogens is 2. The topological polar surface area (TPSA) is 81.1 Å². The van der Waals surface area contributed by atoms with Crippen molar-refractivity contribution < 1.29 is 9.50 Å². The van der Waals surface area contributed by atoms with Crippen molar-refractivity contribution in [3.05, 3.63) is 34.1 Å². The minimum atomic E-state index is -1.13. The van der Waals surface area contributed by atoms with Crippen LogP contribution in [0.3, 0.4) is 0 Å². The highest BCUT2D eigenvalue weighted by Crippen LogP contribution is 2.16. The van der Waals surface area contributed by atoms with Gasteiger partial charge in [0.2, 0.25) is 0 Å². The van der Waals surface area contributed by atoms with Crippen molar-refractivity contribution in [3.8, 4) is 0 Å². The molecule has 1 aromatic rings. The van der Waals surface area contributed by atoms with Gasteiger partial charge in [0.05, 0.1) is 5.83 Å². The number of aliphatic hydroxyl groups excluding tert-OH is 1. The normalized spacial score (nSPS) is 14.5. The second kappa shape index (κ2) is 4.89. The number of nitrogen functional groups attached to an aromatic ring is 1. The van der Waals surface area contributed by atoms with Gasteiger partial charge in [0.15, 0.2) is 0 Å². The molecule has 88 valence electrons. The third kappa shape index (κ3) is 2.90. The molecule has 0 aliphatic rings. The van der Waals surface area contributed by atoms with Crippen molar-refractivity contribution in [2.24, 2.45) is 0 Å². The molecule has 1 heterocycles. The average Bonchev–Trinajstić information content (AvgIpc) is 2.16. The number of aliphatic hydroxyl groups is 1. The van der Waals surface area contributed by atoms with E-state index in [1.54, 1.807) is 6.92 Å². The molecule has 6 heteroatoms. The molecule has 0 unspecified atom stereocenters. The Morgan fingerprint density at radius 3 is 2.81 bits per heavy atom. The van der Waals surface area contributed by atoms with Crippen LogP contribution in [0.4, 0.5) is 10.2 Å². The lowest BCUT2D eigenvalue weighted by Crippen LogP contribution is -2.27. The number of hydrogen-bond acceptors (Lipinski definition) is 4. The van der Waals surface area contributed by atoms with E-state index in [1.165, 1.54) is 19.2 Å². The van der Waals surface area contributed by atoms with Crippen molar-refractivity contribution in [3.63, 3.8) is 0 Å². The minimum Gasteiger partial charge on any atom is -0.383 e. The molecule has 0 saturated heterocycles. The first-order valence-electron chi connectivity index (χ1n) is 4.76. The van der Waals surface area contributed by atoms with Crippen LogP contribution in [0.5, 0.6) is 0 Å². The fraction of sp³-hybridized carbons (Fsp3) is 0.400. The molecule has 0 radical (unpaired) electrons. The van der Waals surface area contributed by atoms with Gasteiger partial charge in [0.25, 0.3) is 0 Å². The molecule has 1 aromatic heterocycles. The van der Waals surface area contributed by atoms with E-state index in [0.717, 1.165) is 4.57 Å². The van der Waals surface area contributed by atoms with Gasteiger partial charge in [-0.1, -0.05) is 0 Å². The van der Waals surface area contributed by atoms with Crippen LogP contribution in [-0.4, -0.2) is 14.7 Å². The lowest BCUT2D eigenvalue weighted by molar-refractivity contribution is 0.0983. The van der Waals surface area contributed by atoms with Gasteiger partial charge in [-0.3, -0.25) is 4.57 Å². The maximum atomic E-state index is 12.8. The predicted octanol–water partition coefficient (Wildman–Crippen LogP) is 0.970. The smallest absolute Gasteiger partial charge is 0.351 e. The Morgan fingerprint density at radius 1 is 1.69 bits per heavy atom. The van der Waals surface area contributed by atoms with Crippen molar-refractivity contribution in [1.29, 1.82) is 0 Å². The molecular weight excluding hydrogens is 213 g/mol. The highest BCUT2D eigenvalue weighted by atomic mass is 19.1. The fourth-order valence-corrected chi connectivity index (χ4v) is 1.17. The molecule has 0 fully saturated rings.